The topological polar surface area (TPSA) is 113 Å². The van der Waals surface area contributed by atoms with Gasteiger partial charge in [-0.3, -0.25) is 14.8 Å². The Morgan fingerprint density at radius 2 is 2.26 bits per heavy atom. The van der Waals surface area contributed by atoms with E-state index in [1.165, 1.54) is 6.20 Å². The number of halogens is 1. The van der Waals surface area contributed by atoms with E-state index in [-0.39, 0.29) is 11.1 Å². The number of aromatic amines is 1. The first-order chi connectivity index (χ1) is 13.0. The van der Waals surface area contributed by atoms with Crippen molar-refractivity contribution >= 4 is 28.7 Å². The number of hydrazone groups is 1. The summed E-state index contributed by atoms with van der Waals surface area (Å²) in [4.78, 5) is 22.9. The van der Waals surface area contributed by atoms with Crippen molar-refractivity contribution in [3.8, 4) is 0 Å². The zero-order valence-electron chi connectivity index (χ0n) is 15.3. The lowest BCUT2D eigenvalue weighted by molar-refractivity contribution is 0.774. The zero-order chi connectivity index (χ0) is 19.4. The molecule has 3 heterocycles. The summed E-state index contributed by atoms with van der Waals surface area (Å²) >= 11 is 6.12. The summed E-state index contributed by atoms with van der Waals surface area (Å²) in [5.74, 6) is 5.62. The van der Waals surface area contributed by atoms with Gasteiger partial charge in [0.25, 0.3) is 5.56 Å². The Hall–Kier alpha value is -2.74. The number of nitrogens with two attached hydrogens (primary N) is 1. The van der Waals surface area contributed by atoms with Crippen molar-refractivity contribution in [2.45, 2.75) is 32.7 Å². The Balaban J connectivity index is 1.84. The molecular formula is C18H22ClN7O. The van der Waals surface area contributed by atoms with E-state index in [1.807, 2.05) is 17.9 Å². The van der Waals surface area contributed by atoms with Crippen molar-refractivity contribution in [3.05, 3.63) is 51.2 Å². The maximum atomic E-state index is 11.7. The second-order valence-electron chi connectivity index (χ2n) is 6.29. The molecule has 0 aliphatic carbocycles. The average Bonchev–Trinajstić information content (AvgIpc) is 2.70. The molecule has 27 heavy (non-hydrogen) atoms. The summed E-state index contributed by atoms with van der Waals surface area (Å²) in [6.07, 6.45) is 4.83. The van der Waals surface area contributed by atoms with E-state index in [4.69, 9.17) is 22.4 Å². The number of anilines is 1. The van der Waals surface area contributed by atoms with Crippen LogP contribution in [0.15, 0.2) is 39.4 Å². The molecule has 2 aromatic heterocycles. The molecule has 2 aromatic rings. The number of nitrogens with one attached hydrogen (secondary N) is 1. The minimum atomic E-state index is -0.419. The highest BCUT2D eigenvalue weighted by Crippen LogP contribution is 2.25. The molecule has 1 unspecified atom stereocenters. The molecule has 1 atom stereocenters. The molecule has 9 heteroatoms. The van der Waals surface area contributed by atoms with Crippen LogP contribution in [-0.4, -0.2) is 39.7 Å². The van der Waals surface area contributed by atoms with Crippen molar-refractivity contribution in [2.75, 3.05) is 18.0 Å². The van der Waals surface area contributed by atoms with E-state index in [9.17, 15) is 4.79 Å². The molecule has 0 bridgehead atoms. The minimum absolute atomic E-state index is 0.0447. The fraction of sp³-hybridized carbons (Fsp3) is 0.389. The number of aryl methyl sites for hydroxylation is 1. The molecule has 142 valence electrons. The van der Waals surface area contributed by atoms with E-state index in [0.29, 0.717) is 30.9 Å². The number of H-pyrrole nitrogens is 1. The first-order valence-electron chi connectivity index (χ1n) is 8.80. The lowest BCUT2D eigenvalue weighted by Crippen LogP contribution is -2.42. The zero-order valence-corrected chi connectivity index (χ0v) is 16.1. The monoisotopic (exact) mass is 387 g/mol. The van der Waals surface area contributed by atoms with Gasteiger partial charge in [0.05, 0.1) is 30.2 Å². The summed E-state index contributed by atoms with van der Waals surface area (Å²) in [6.45, 7) is 5.18. The molecule has 0 saturated carbocycles. The summed E-state index contributed by atoms with van der Waals surface area (Å²) in [5, 5.41) is 10.2. The summed E-state index contributed by atoms with van der Waals surface area (Å²) in [6, 6.07) is 3.93. The van der Waals surface area contributed by atoms with Gasteiger partial charge in [0.2, 0.25) is 0 Å². The Labute approximate surface area is 162 Å². The van der Waals surface area contributed by atoms with Crippen LogP contribution in [0.2, 0.25) is 5.02 Å². The van der Waals surface area contributed by atoms with Crippen molar-refractivity contribution < 1.29 is 0 Å². The molecule has 1 fully saturated rings. The Morgan fingerprint density at radius 3 is 3.00 bits per heavy atom. The van der Waals surface area contributed by atoms with E-state index < -0.39 is 5.56 Å². The fourth-order valence-electron chi connectivity index (χ4n) is 3.22. The van der Waals surface area contributed by atoms with Gasteiger partial charge in [0.1, 0.15) is 10.7 Å². The molecule has 0 aromatic carbocycles. The minimum Gasteiger partial charge on any atom is -0.362 e. The number of pyridine rings is 1. The van der Waals surface area contributed by atoms with Gasteiger partial charge in [0.15, 0.2) is 0 Å². The number of hydrogen-bond donors (Lipinski definition) is 2. The first-order valence-corrected chi connectivity index (χ1v) is 9.18. The van der Waals surface area contributed by atoms with E-state index >= 15 is 0 Å². The number of nitrogens with zero attached hydrogens (tertiary/aromatic N) is 5. The van der Waals surface area contributed by atoms with E-state index in [1.54, 1.807) is 6.20 Å². The summed E-state index contributed by atoms with van der Waals surface area (Å²) in [5.41, 5.74) is 3.83. The van der Waals surface area contributed by atoms with Crippen LogP contribution in [0.1, 0.15) is 37.6 Å². The molecule has 0 amide bonds. The largest absolute Gasteiger partial charge is 0.362 e. The fourth-order valence-corrected chi connectivity index (χ4v) is 3.43. The van der Waals surface area contributed by atoms with Crippen LogP contribution in [-0.2, 0) is 6.42 Å². The molecule has 0 radical (unpaired) electrons. The highest BCUT2D eigenvalue weighted by atomic mass is 35.5. The van der Waals surface area contributed by atoms with Crippen molar-refractivity contribution in [1.82, 2.24) is 15.2 Å². The molecule has 1 aliphatic rings. The quantitative estimate of drug-likeness (QED) is 0.616. The smallest absolute Gasteiger partial charge is 0.285 e. The SMILES string of the molecule is CCc1ncccc1C(C)N=C1CCN(c2cn[nH]c(=O)c2Cl)C/C1=N/N. The van der Waals surface area contributed by atoms with E-state index in [2.05, 4.69) is 33.3 Å². The number of hydrogen-bond acceptors (Lipinski definition) is 7. The van der Waals surface area contributed by atoms with Gasteiger partial charge in [-0.05, 0) is 25.0 Å². The molecule has 3 N–H and O–H groups in total. The Kier molecular flexibility index (Phi) is 5.85. The second-order valence-corrected chi connectivity index (χ2v) is 6.67. The van der Waals surface area contributed by atoms with Crippen molar-refractivity contribution in [1.29, 1.82) is 0 Å². The highest BCUT2D eigenvalue weighted by Gasteiger charge is 2.25. The van der Waals surface area contributed by atoms with Crippen molar-refractivity contribution in [2.24, 2.45) is 15.9 Å². The Bertz CT molecular complexity index is 937. The molecule has 3 rings (SSSR count). The van der Waals surface area contributed by atoms with Gasteiger partial charge in [-0.1, -0.05) is 24.6 Å². The number of rotatable bonds is 4. The van der Waals surface area contributed by atoms with Crippen LogP contribution in [0.4, 0.5) is 5.69 Å². The maximum absolute atomic E-state index is 11.7. The number of piperidine rings is 1. The van der Waals surface area contributed by atoms with Crippen LogP contribution in [0.3, 0.4) is 0 Å². The van der Waals surface area contributed by atoms with Crippen LogP contribution in [0.5, 0.6) is 0 Å². The predicted octanol–water partition coefficient (Wildman–Crippen LogP) is 2.11. The predicted molar refractivity (Wildman–Crippen MR) is 108 cm³/mol. The molecule has 1 saturated heterocycles. The average molecular weight is 388 g/mol. The number of aromatic nitrogens is 3. The van der Waals surface area contributed by atoms with Crippen LogP contribution >= 0.6 is 11.6 Å². The summed E-state index contributed by atoms with van der Waals surface area (Å²) in [7, 11) is 0. The van der Waals surface area contributed by atoms with Crippen LogP contribution in [0, 0.1) is 0 Å². The van der Waals surface area contributed by atoms with Crippen LogP contribution in [0.25, 0.3) is 0 Å². The van der Waals surface area contributed by atoms with E-state index in [0.717, 1.165) is 23.4 Å². The molecule has 8 nitrogen and oxygen atoms in total. The molecular weight excluding hydrogens is 366 g/mol. The lowest BCUT2D eigenvalue weighted by atomic mass is 10.0. The van der Waals surface area contributed by atoms with Gasteiger partial charge < -0.3 is 10.7 Å². The molecule has 1 aliphatic heterocycles. The maximum Gasteiger partial charge on any atom is 0.285 e. The summed E-state index contributed by atoms with van der Waals surface area (Å²) < 4.78 is 0. The van der Waals surface area contributed by atoms with Gasteiger partial charge in [0, 0.05) is 24.9 Å². The van der Waals surface area contributed by atoms with Gasteiger partial charge >= 0.3 is 0 Å². The van der Waals surface area contributed by atoms with Crippen molar-refractivity contribution in [3.63, 3.8) is 0 Å². The normalized spacial score (nSPS) is 18.9. The highest BCUT2D eigenvalue weighted by molar-refractivity contribution is 6.44. The molecule has 0 spiro atoms. The van der Waals surface area contributed by atoms with Gasteiger partial charge in [-0.25, -0.2) is 5.10 Å². The standard InChI is InChI=1S/C18H22ClN7O/c1-3-13-12(5-4-7-21-13)11(2)23-14-6-8-26(10-15(14)24-20)16-9-22-25-18(27)17(16)19/h4-5,7,9,11H,3,6,8,10,20H2,1-2H3,(H,25,27)/b23-14?,24-15-. The van der Waals surface area contributed by atoms with Gasteiger partial charge in [-0.2, -0.15) is 10.2 Å². The van der Waals surface area contributed by atoms with Gasteiger partial charge in [-0.15, -0.1) is 0 Å². The third-order valence-electron chi connectivity index (χ3n) is 4.63. The Morgan fingerprint density at radius 1 is 1.44 bits per heavy atom. The number of aliphatic imine (C=N–C) groups is 1. The third kappa shape index (κ3) is 4.00. The third-order valence-corrected chi connectivity index (χ3v) is 4.99. The lowest BCUT2D eigenvalue weighted by Gasteiger charge is -2.31. The van der Waals surface area contributed by atoms with Crippen LogP contribution < -0.4 is 16.3 Å². The first kappa shape index (κ1) is 19.0. The second kappa shape index (κ2) is 8.30.